The van der Waals surface area contributed by atoms with Crippen LogP contribution in [-0.4, -0.2) is 105 Å². The highest BCUT2D eigenvalue weighted by Gasteiger charge is 2.28. The van der Waals surface area contributed by atoms with Crippen molar-refractivity contribution in [3.63, 3.8) is 0 Å². The summed E-state index contributed by atoms with van der Waals surface area (Å²) in [5.74, 6) is -1.56. The molecule has 384 valence electrons. The van der Waals surface area contributed by atoms with E-state index in [1.54, 1.807) is 12.2 Å². The summed E-state index contributed by atoms with van der Waals surface area (Å²) in [7, 11) is -4.76. The van der Waals surface area contributed by atoms with E-state index in [4.69, 9.17) is 34.5 Å². The number of allylic oxidation sites excluding steroid dienone is 7. The molecule has 0 spiro atoms. The maximum absolute atomic E-state index is 13.0. The number of aliphatic hydroxyl groups is 3. The number of ether oxygens (including phenoxy) is 2. The second-order valence-corrected chi connectivity index (χ2v) is 20.0. The Balaban J connectivity index is 5.05. The first-order valence-corrected chi connectivity index (χ1v) is 27.5. The van der Waals surface area contributed by atoms with Crippen LogP contribution in [0.15, 0.2) is 48.6 Å². The number of nitrogens with two attached hydrogens (primary N) is 1. The Kier molecular flexibility index (Phi) is 42.4. The Labute approximate surface area is 402 Å². The molecule has 0 saturated heterocycles. The summed E-state index contributed by atoms with van der Waals surface area (Å²) in [6.45, 7) is 4.15. The number of carboxylic acid groups (broad SMARTS) is 1. The molecule has 14 nitrogen and oxygen atoms in total. The van der Waals surface area contributed by atoms with Crippen molar-refractivity contribution >= 4 is 37.5 Å². The van der Waals surface area contributed by atoms with Crippen LogP contribution in [-0.2, 0) is 37.5 Å². The molecule has 0 heterocycles. The number of aliphatic carboxylic acids is 1. The third-order valence-electron chi connectivity index (χ3n) is 11.0. The van der Waals surface area contributed by atoms with Gasteiger partial charge in [0.1, 0.15) is 18.8 Å². The fourth-order valence-corrected chi connectivity index (χ4v) is 8.56. The van der Waals surface area contributed by atoms with Gasteiger partial charge in [-0.3, -0.25) is 23.4 Å². The standard InChI is InChI=1S/C50H90NO13PS/c1-4-6-7-8-9-10-11-17-20-23-26-29-34-47(46(54)33-31-35-48(55)56)66-41-45(51)50(58)61-39-44(40-63-65(59,60)62-38-43(53)37-52)64-49(57)36-30-27-24-21-18-15-13-12-14-16-19-22-25-28-32-42(3)5-2/h9-10,17,20,23,26,29,34,42-47,52-54H,4-8,11-16,18-19,21-22,24-25,27-28,30-33,35-41,51H2,1-3H3,(H,55,56)(H,59,60)/b10-9-,20-17-,26-23+,34-29+/t42?,43-,44+,45-,46-,47+/m0/s1. The van der Waals surface area contributed by atoms with E-state index in [2.05, 4.69) is 32.9 Å². The number of carbonyl (C=O) groups excluding carboxylic acids is 2. The zero-order valence-corrected chi connectivity index (χ0v) is 42.4. The van der Waals surface area contributed by atoms with Gasteiger partial charge in [-0.15, -0.1) is 11.8 Å². The molecule has 7 atom stereocenters. The number of phosphoric ester groups is 1. The summed E-state index contributed by atoms with van der Waals surface area (Å²) in [6.07, 6.45) is 36.8. The summed E-state index contributed by atoms with van der Waals surface area (Å²) in [4.78, 5) is 47.0. The maximum Gasteiger partial charge on any atom is 0.472 e. The highest BCUT2D eigenvalue weighted by Crippen LogP contribution is 2.43. The molecule has 0 rings (SSSR count). The number of rotatable bonds is 46. The Hall–Kier alpha value is -2.33. The van der Waals surface area contributed by atoms with Gasteiger partial charge in [0.2, 0.25) is 0 Å². The SMILES string of the molecule is CCCCC/C=C\C\C=C/C=C/C=C/[C@@H](SC[C@H](N)C(=O)OC[C@H](COP(=O)(O)OC[C@@H](O)CO)OC(=O)CCCCCCCCCCCCCCCCC(C)CC)[C@@H](O)CCCC(=O)O. The molecule has 0 bridgehead atoms. The van der Waals surface area contributed by atoms with Crippen LogP contribution in [0.1, 0.15) is 181 Å². The molecule has 0 fully saturated rings. The summed E-state index contributed by atoms with van der Waals surface area (Å²) >= 11 is 1.19. The minimum atomic E-state index is -4.76. The average Bonchev–Trinajstić information content (AvgIpc) is 3.29. The number of thioether (sulfide) groups is 1. The van der Waals surface area contributed by atoms with Crippen molar-refractivity contribution in [3.8, 4) is 0 Å². The van der Waals surface area contributed by atoms with E-state index in [0.29, 0.717) is 6.42 Å². The van der Waals surface area contributed by atoms with Crippen LogP contribution < -0.4 is 5.73 Å². The molecule has 66 heavy (non-hydrogen) atoms. The Bertz CT molecular complexity index is 1380. The first kappa shape index (κ1) is 63.7. The average molecular weight is 976 g/mol. The van der Waals surface area contributed by atoms with Gasteiger partial charge in [0.05, 0.1) is 25.9 Å². The molecule has 0 aromatic rings. The second kappa shape index (κ2) is 43.9. The zero-order chi connectivity index (χ0) is 49.1. The van der Waals surface area contributed by atoms with Gasteiger partial charge in [-0.05, 0) is 44.4 Å². The number of hydrogen-bond donors (Lipinski definition) is 6. The molecule has 0 radical (unpaired) electrons. The lowest BCUT2D eigenvalue weighted by Gasteiger charge is -2.22. The van der Waals surface area contributed by atoms with Crippen LogP contribution in [0.3, 0.4) is 0 Å². The van der Waals surface area contributed by atoms with E-state index in [1.165, 1.54) is 102 Å². The highest BCUT2D eigenvalue weighted by atomic mass is 32.2. The molecule has 0 aliphatic rings. The van der Waals surface area contributed by atoms with Crippen LogP contribution in [0.5, 0.6) is 0 Å². The van der Waals surface area contributed by atoms with Crippen molar-refractivity contribution in [2.24, 2.45) is 11.7 Å². The monoisotopic (exact) mass is 976 g/mol. The van der Waals surface area contributed by atoms with Gasteiger partial charge in [0.15, 0.2) is 6.10 Å². The van der Waals surface area contributed by atoms with E-state index >= 15 is 0 Å². The smallest absolute Gasteiger partial charge is 0.472 e. The van der Waals surface area contributed by atoms with Crippen molar-refractivity contribution in [3.05, 3.63) is 48.6 Å². The summed E-state index contributed by atoms with van der Waals surface area (Å²) in [6, 6.07) is -1.17. The minimum absolute atomic E-state index is 0.0185. The Morgan fingerprint density at radius 3 is 1.92 bits per heavy atom. The van der Waals surface area contributed by atoms with Gasteiger partial charge in [-0.25, -0.2) is 4.57 Å². The van der Waals surface area contributed by atoms with Crippen LogP contribution in [0, 0.1) is 5.92 Å². The maximum atomic E-state index is 13.0. The summed E-state index contributed by atoms with van der Waals surface area (Å²) < 4.78 is 32.9. The fraction of sp³-hybridized carbons (Fsp3) is 0.780. The van der Waals surface area contributed by atoms with Crippen molar-refractivity contribution < 1.29 is 62.8 Å². The van der Waals surface area contributed by atoms with Gasteiger partial charge in [0.25, 0.3) is 0 Å². The number of unbranched alkanes of at least 4 members (excludes halogenated alkanes) is 16. The molecule has 0 amide bonds. The molecule has 7 N–H and O–H groups in total. The normalized spacial score (nSPS) is 15.9. The predicted octanol–water partition coefficient (Wildman–Crippen LogP) is 10.5. The summed E-state index contributed by atoms with van der Waals surface area (Å²) in [5, 5.41) is 37.9. The number of phosphoric acid groups is 1. The van der Waals surface area contributed by atoms with Crippen molar-refractivity contribution in [1.82, 2.24) is 0 Å². The Morgan fingerprint density at radius 1 is 0.712 bits per heavy atom. The largest absolute Gasteiger partial charge is 0.481 e. The molecule has 0 aromatic carbocycles. The molecule has 0 aliphatic heterocycles. The van der Waals surface area contributed by atoms with Crippen molar-refractivity contribution in [2.45, 2.75) is 211 Å². The van der Waals surface area contributed by atoms with Crippen LogP contribution in [0.2, 0.25) is 0 Å². The minimum Gasteiger partial charge on any atom is -0.481 e. The van der Waals surface area contributed by atoms with E-state index in [9.17, 15) is 34.1 Å². The summed E-state index contributed by atoms with van der Waals surface area (Å²) in [5.41, 5.74) is 6.17. The van der Waals surface area contributed by atoms with Crippen molar-refractivity contribution in [1.29, 1.82) is 0 Å². The van der Waals surface area contributed by atoms with Crippen molar-refractivity contribution in [2.75, 3.05) is 32.2 Å². The topological polar surface area (TPSA) is 232 Å². The van der Waals surface area contributed by atoms with Gasteiger partial charge in [-0.2, -0.15) is 0 Å². The Morgan fingerprint density at radius 2 is 1.32 bits per heavy atom. The molecule has 0 saturated carbocycles. The van der Waals surface area contributed by atoms with E-state index in [0.717, 1.165) is 44.4 Å². The van der Waals surface area contributed by atoms with Crippen LogP contribution in [0.25, 0.3) is 0 Å². The zero-order valence-electron chi connectivity index (χ0n) is 40.7. The van der Waals surface area contributed by atoms with E-state index in [1.807, 2.05) is 24.3 Å². The van der Waals surface area contributed by atoms with Crippen LogP contribution in [0.4, 0.5) is 0 Å². The first-order chi connectivity index (χ1) is 31.7. The van der Waals surface area contributed by atoms with E-state index < -0.39 is 81.8 Å². The van der Waals surface area contributed by atoms with Gasteiger partial charge in [-0.1, -0.05) is 179 Å². The lowest BCUT2D eigenvalue weighted by atomic mass is 9.99. The van der Waals surface area contributed by atoms with Crippen LogP contribution >= 0.6 is 19.6 Å². The third-order valence-corrected chi connectivity index (χ3v) is 13.4. The molecular weight excluding hydrogens is 886 g/mol. The number of carboxylic acids is 1. The van der Waals surface area contributed by atoms with Gasteiger partial charge in [0, 0.05) is 23.8 Å². The highest BCUT2D eigenvalue weighted by molar-refractivity contribution is 8.00. The second-order valence-electron chi connectivity index (χ2n) is 17.3. The lowest BCUT2D eigenvalue weighted by molar-refractivity contribution is -0.161. The third kappa shape index (κ3) is 40.7. The molecule has 0 aliphatic carbocycles. The lowest BCUT2D eigenvalue weighted by Crippen LogP contribution is -2.38. The molecular formula is C50H90NO13PS. The van der Waals surface area contributed by atoms with Gasteiger partial charge < -0.3 is 40.5 Å². The molecule has 2 unspecified atom stereocenters. The first-order valence-electron chi connectivity index (χ1n) is 24.9. The number of carbonyl (C=O) groups is 3. The molecule has 16 heteroatoms. The fourth-order valence-electron chi connectivity index (χ4n) is 6.65. The van der Waals surface area contributed by atoms with Gasteiger partial charge >= 0.3 is 25.7 Å². The number of hydrogen-bond acceptors (Lipinski definition) is 13. The predicted molar refractivity (Wildman–Crippen MR) is 266 cm³/mol. The molecule has 0 aromatic heterocycles. The quantitative estimate of drug-likeness (QED) is 0.0109. The van der Waals surface area contributed by atoms with E-state index in [-0.39, 0.29) is 31.4 Å². The number of esters is 2. The number of aliphatic hydroxyl groups excluding tert-OH is 3.